The van der Waals surface area contributed by atoms with Crippen molar-refractivity contribution in [2.75, 3.05) is 11.9 Å². The Bertz CT molecular complexity index is 932. The summed E-state index contributed by atoms with van der Waals surface area (Å²) in [6.07, 6.45) is 1.57. The maximum absolute atomic E-state index is 14.5. The molecule has 1 aromatic carbocycles. The lowest BCUT2D eigenvalue weighted by molar-refractivity contribution is -0.138. The maximum atomic E-state index is 14.5. The number of thiazole rings is 1. The number of hydrogen-bond donors (Lipinski definition) is 1. The molecule has 0 radical (unpaired) electrons. The number of nitrogens with zero attached hydrogens (tertiary/aromatic N) is 2. The van der Waals surface area contributed by atoms with E-state index in [9.17, 15) is 18.0 Å². The minimum Gasteiger partial charge on any atom is -0.463 e. The molecule has 0 bridgehead atoms. The molecule has 0 amide bonds. The van der Waals surface area contributed by atoms with Gasteiger partial charge in [-0.05, 0) is 13.0 Å². The van der Waals surface area contributed by atoms with Crippen molar-refractivity contribution in [3.63, 3.8) is 0 Å². The molecule has 3 rings (SSSR count). The minimum atomic E-state index is -1.62. The van der Waals surface area contributed by atoms with E-state index >= 15 is 0 Å². The normalized spacial score (nSPS) is 16.8. The first-order valence-electron chi connectivity index (χ1n) is 7.82. The third-order valence-corrected chi connectivity index (χ3v) is 5.09. The van der Waals surface area contributed by atoms with Crippen LogP contribution in [-0.2, 0) is 9.53 Å². The first kappa shape index (κ1) is 19.6. The topological polar surface area (TPSA) is 63.6 Å². The van der Waals surface area contributed by atoms with E-state index in [0.29, 0.717) is 16.5 Å². The van der Waals surface area contributed by atoms with Gasteiger partial charge in [0.2, 0.25) is 0 Å². The van der Waals surface area contributed by atoms with Gasteiger partial charge in [-0.15, -0.1) is 11.3 Å². The Labute approximate surface area is 165 Å². The molecule has 1 atom stereocenters. The molecule has 2 aromatic rings. The summed E-state index contributed by atoms with van der Waals surface area (Å²) in [5, 5.41) is 5.41. The molecule has 0 saturated heterocycles. The number of allylic oxidation sites excluding steroid dienone is 1. The number of hydrogen-bond acceptors (Lipinski definition) is 6. The quantitative estimate of drug-likeness (QED) is 0.418. The highest BCUT2D eigenvalue weighted by molar-refractivity contribution is 9.09. The van der Waals surface area contributed by atoms with E-state index in [0.717, 1.165) is 12.1 Å². The number of carbonyl (C=O) groups is 1. The lowest BCUT2D eigenvalue weighted by Gasteiger charge is -2.26. The molecular weight excluding hydrogens is 447 g/mol. The van der Waals surface area contributed by atoms with Crippen LogP contribution < -0.4 is 5.32 Å². The molecule has 142 valence electrons. The van der Waals surface area contributed by atoms with Crippen LogP contribution in [0.3, 0.4) is 0 Å². The summed E-state index contributed by atoms with van der Waals surface area (Å²) < 4.78 is 46.7. The summed E-state index contributed by atoms with van der Waals surface area (Å²) in [6, 6.07) is 0.648. The van der Waals surface area contributed by atoms with Gasteiger partial charge in [-0.3, -0.25) is 4.99 Å². The van der Waals surface area contributed by atoms with E-state index < -0.39 is 29.5 Å². The van der Waals surface area contributed by atoms with Gasteiger partial charge >= 0.3 is 5.97 Å². The predicted molar refractivity (Wildman–Crippen MR) is 98.3 cm³/mol. The molecule has 1 aromatic heterocycles. The van der Waals surface area contributed by atoms with Crippen molar-refractivity contribution in [3.05, 3.63) is 63.0 Å². The Hall–Kier alpha value is -2.20. The number of alkyl halides is 1. The van der Waals surface area contributed by atoms with Crippen molar-refractivity contribution in [3.8, 4) is 0 Å². The second-order valence-electron chi connectivity index (χ2n) is 5.35. The van der Waals surface area contributed by atoms with Crippen LogP contribution in [0.4, 0.5) is 13.2 Å². The van der Waals surface area contributed by atoms with Gasteiger partial charge in [0.25, 0.3) is 0 Å². The number of aromatic nitrogens is 1. The highest BCUT2D eigenvalue weighted by Gasteiger charge is 2.35. The van der Waals surface area contributed by atoms with Crippen molar-refractivity contribution in [1.29, 1.82) is 0 Å². The molecule has 27 heavy (non-hydrogen) atoms. The van der Waals surface area contributed by atoms with Crippen LogP contribution in [0.15, 0.2) is 40.0 Å². The summed E-state index contributed by atoms with van der Waals surface area (Å²) >= 11 is 4.56. The van der Waals surface area contributed by atoms with Gasteiger partial charge in [0.1, 0.15) is 6.04 Å². The fourth-order valence-corrected chi connectivity index (χ4v) is 3.61. The summed E-state index contributed by atoms with van der Waals surface area (Å²) in [4.78, 5) is 21.0. The Morgan fingerprint density at radius 1 is 1.33 bits per heavy atom. The average molecular weight is 460 g/mol. The zero-order chi connectivity index (χ0) is 19.6. The summed E-state index contributed by atoms with van der Waals surface area (Å²) in [7, 11) is 0. The van der Waals surface area contributed by atoms with E-state index in [1.165, 1.54) is 11.3 Å². The molecule has 0 spiro atoms. The third kappa shape index (κ3) is 3.77. The Balaban J connectivity index is 2.19. The molecule has 0 unspecified atom stereocenters. The van der Waals surface area contributed by atoms with Gasteiger partial charge < -0.3 is 10.1 Å². The Morgan fingerprint density at radius 3 is 2.74 bits per heavy atom. The third-order valence-electron chi connectivity index (χ3n) is 3.75. The number of aliphatic imine (C=N–C) groups is 1. The SMILES string of the molecule is CCOC(=O)C1=C(CBr)NC(c2nccs2)=N[C@H]1c1ccc(F)c(F)c1F. The second-order valence-corrected chi connectivity index (χ2v) is 6.81. The smallest absolute Gasteiger partial charge is 0.338 e. The molecule has 1 N–H and O–H groups in total. The van der Waals surface area contributed by atoms with E-state index in [-0.39, 0.29) is 23.1 Å². The van der Waals surface area contributed by atoms with Crippen molar-refractivity contribution < 1.29 is 22.7 Å². The van der Waals surface area contributed by atoms with Gasteiger partial charge in [-0.1, -0.05) is 22.0 Å². The number of carbonyl (C=O) groups excluding carboxylic acids is 1. The molecule has 1 aliphatic heterocycles. The van der Waals surface area contributed by atoms with E-state index in [1.807, 2.05) is 0 Å². The van der Waals surface area contributed by atoms with Gasteiger partial charge in [0, 0.05) is 28.2 Å². The van der Waals surface area contributed by atoms with Crippen LogP contribution >= 0.6 is 27.3 Å². The van der Waals surface area contributed by atoms with Crippen LogP contribution in [0.1, 0.15) is 23.5 Å². The first-order valence-corrected chi connectivity index (χ1v) is 9.82. The standard InChI is InChI=1S/C17H13BrF3N3O2S/c1-2-26-17(25)11-10(7-18)23-15(16-22-5-6-27-16)24-14(11)8-3-4-9(19)13(21)12(8)20/h3-6,14H,2,7H2,1H3,(H,23,24)/t14-/m0/s1. The molecule has 0 saturated carbocycles. The number of benzene rings is 1. The highest BCUT2D eigenvalue weighted by Crippen LogP contribution is 2.35. The fraction of sp³-hybridized carbons (Fsp3) is 0.235. The van der Waals surface area contributed by atoms with Gasteiger partial charge in [0.15, 0.2) is 28.3 Å². The lowest BCUT2D eigenvalue weighted by atomic mass is 9.95. The van der Waals surface area contributed by atoms with E-state index in [2.05, 4.69) is 31.2 Å². The first-order chi connectivity index (χ1) is 13.0. The van der Waals surface area contributed by atoms with Crippen molar-refractivity contribution in [1.82, 2.24) is 10.3 Å². The van der Waals surface area contributed by atoms with Gasteiger partial charge in [0.05, 0.1) is 12.2 Å². The lowest BCUT2D eigenvalue weighted by Crippen LogP contribution is -2.34. The Kier molecular flexibility index (Phi) is 5.95. The largest absolute Gasteiger partial charge is 0.463 e. The molecule has 2 heterocycles. The number of nitrogens with one attached hydrogen (secondary N) is 1. The summed E-state index contributed by atoms with van der Waals surface area (Å²) in [6.45, 7) is 1.72. The number of ether oxygens (including phenoxy) is 1. The zero-order valence-corrected chi connectivity index (χ0v) is 16.3. The molecule has 1 aliphatic rings. The monoisotopic (exact) mass is 459 g/mol. The fourth-order valence-electron chi connectivity index (χ4n) is 2.58. The van der Waals surface area contributed by atoms with Crippen molar-refractivity contribution in [2.24, 2.45) is 4.99 Å². The van der Waals surface area contributed by atoms with Crippen molar-refractivity contribution in [2.45, 2.75) is 13.0 Å². The molecule has 0 fully saturated rings. The van der Waals surface area contributed by atoms with Gasteiger partial charge in [-0.2, -0.15) is 0 Å². The minimum absolute atomic E-state index is 0.0129. The predicted octanol–water partition coefficient (Wildman–Crippen LogP) is 3.86. The molecule has 10 heteroatoms. The van der Waals surface area contributed by atoms with Crippen LogP contribution in [0, 0.1) is 17.5 Å². The van der Waals surface area contributed by atoms with E-state index in [4.69, 9.17) is 4.74 Å². The highest BCUT2D eigenvalue weighted by atomic mass is 79.9. The van der Waals surface area contributed by atoms with Crippen LogP contribution in [0.2, 0.25) is 0 Å². The number of rotatable bonds is 5. The second kappa shape index (κ2) is 8.22. The Morgan fingerprint density at radius 2 is 2.11 bits per heavy atom. The number of esters is 1. The molecule has 0 aliphatic carbocycles. The average Bonchev–Trinajstić information content (AvgIpc) is 3.20. The maximum Gasteiger partial charge on any atom is 0.338 e. The number of halogens is 4. The van der Waals surface area contributed by atoms with Crippen LogP contribution in [0.5, 0.6) is 0 Å². The molecule has 5 nitrogen and oxygen atoms in total. The van der Waals surface area contributed by atoms with Crippen LogP contribution in [-0.4, -0.2) is 28.7 Å². The van der Waals surface area contributed by atoms with E-state index in [1.54, 1.807) is 18.5 Å². The summed E-state index contributed by atoms with van der Waals surface area (Å²) in [5.74, 6) is -4.78. The zero-order valence-electron chi connectivity index (χ0n) is 13.9. The molecular formula is C17H13BrF3N3O2S. The van der Waals surface area contributed by atoms with Crippen molar-refractivity contribution >= 4 is 39.1 Å². The van der Waals surface area contributed by atoms with Crippen LogP contribution in [0.25, 0.3) is 0 Å². The number of amidine groups is 1. The summed E-state index contributed by atoms with van der Waals surface area (Å²) in [5.41, 5.74) is 0.118. The van der Waals surface area contributed by atoms with Gasteiger partial charge in [-0.25, -0.2) is 22.9 Å².